The van der Waals surface area contributed by atoms with E-state index in [1.807, 2.05) is 13.8 Å². The van der Waals surface area contributed by atoms with E-state index in [9.17, 15) is 9.18 Å². The van der Waals surface area contributed by atoms with E-state index in [1.165, 1.54) is 17.0 Å². The van der Waals surface area contributed by atoms with E-state index >= 15 is 0 Å². The first-order chi connectivity index (χ1) is 8.82. The number of benzene rings is 1. The van der Waals surface area contributed by atoms with Gasteiger partial charge in [0.2, 0.25) is 0 Å². The summed E-state index contributed by atoms with van der Waals surface area (Å²) in [4.78, 5) is 14.1. The summed E-state index contributed by atoms with van der Waals surface area (Å²) in [6, 6.07) is 3.36. The molecule has 0 aliphatic heterocycles. The summed E-state index contributed by atoms with van der Waals surface area (Å²) in [5.41, 5.74) is 5.34. The third-order valence-corrected chi connectivity index (χ3v) is 2.87. The summed E-state index contributed by atoms with van der Waals surface area (Å²) < 4.78 is 13.7. The number of carbonyl (C=O) groups is 1. The summed E-state index contributed by atoms with van der Waals surface area (Å²) in [7, 11) is 0. The van der Waals surface area contributed by atoms with Gasteiger partial charge in [0.1, 0.15) is 11.6 Å². The van der Waals surface area contributed by atoms with Gasteiger partial charge in [-0.1, -0.05) is 12.2 Å². The second kappa shape index (κ2) is 6.47. The van der Waals surface area contributed by atoms with Gasteiger partial charge in [-0.25, -0.2) is 4.39 Å². The summed E-state index contributed by atoms with van der Waals surface area (Å²) in [6.45, 7) is 4.00. The zero-order chi connectivity index (χ0) is 14.6. The van der Waals surface area contributed by atoms with Crippen LogP contribution < -0.4 is 5.73 Å². The van der Waals surface area contributed by atoms with Crippen LogP contribution in [-0.2, 0) is 0 Å². The quantitative estimate of drug-likeness (QED) is 0.812. The van der Waals surface area contributed by atoms with Gasteiger partial charge in [-0.15, -0.1) is 0 Å². The number of aromatic hydroxyl groups is 1. The zero-order valence-electron chi connectivity index (χ0n) is 10.9. The van der Waals surface area contributed by atoms with Crippen molar-refractivity contribution >= 4 is 23.1 Å². The molecule has 1 rings (SSSR count). The number of hydrogen-bond acceptors (Lipinski definition) is 3. The van der Waals surface area contributed by atoms with Crippen molar-refractivity contribution in [3.05, 3.63) is 29.6 Å². The van der Waals surface area contributed by atoms with Gasteiger partial charge in [0.05, 0.1) is 10.6 Å². The molecule has 4 nitrogen and oxygen atoms in total. The molecule has 1 amide bonds. The first kappa shape index (κ1) is 15.4. The molecule has 3 N–H and O–H groups in total. The molecule has 0 aromatic heterocycles. The van der Waals surface area contributed by atoms with Gasteiger partial charge < -0.3 is 15.7 Å². The molecule has 0 bridgehead atoms. The van der Waals surface area contributed by atoms with Crippen molar-refractivity contribution in [2.75, 3.05) is 6.54 Å². The summed E-state index contributed by atoms with van der Waals surface area (Å²) in [5.74, 6) is -1.40. The fraction of sp³-hybridized carbons (Fsp3) is 0.385. The lowest BCUT2D eigenvalue weighted by atomic mass is 10.1. The predicted molar refractivity (Wildman–Crippen MR) is 75.6 cm³/mol. The Morgan fingerprint density at radius 2 is 2.16 bits per heavy atom. The standard InChI is InChI=1S/C13H17FN2O2S/c1-8(2)16(6-5-12(15)19)13(18)10-4-3-9(17)7-11(10)14/h3-4,7-8,17H,5-6H2,1-2H3,(H2,15,19). The van der Waals surface area contributed by atoms with E-state index < -0.39 is 11.7 Å². The van der Waals surface area contributed by atoms with E-state index in [0.717, 1.165) is 6.07 Å². The molecular formula is C13H17FN2O2S. The van der Waals surface area contributed by atoms with Gasteiger partial charge >= 0.3 is 0 Å². The van der Waals surface area contributed by atoms with Crippen LogP contribution in [-0.4, -0.2) is 33.5 Å². The first-order valence-electron chi connectivity index (χ1n) is 5.90. The highest BCUT2D eigenvalue weighted by Crippen LogP contribution is 2.18. The molecule has 1 aromatic carbocycles. The number of carbonyl (C=O) groups excluding carboxylic acids is 1. The second-order valence-corrected chi connectivity index (χ2v) is 5.00. The third kappa shape index (κ3) is 4.17. The van der Waals surface area contributed by atoms with Crippen molar-refractivity contribution in [3.8, 4) is 5.75 Å². The Bertz CT molecular complexity index is 492. The first-order valence-corrected chi connectivity index (χ1v) is 6.31. The molecule has 6 heteroatoms. The maximum Gasteiger partial charge on any atom is 0.257 e. The zero-order valence-corrected chi connectivity index (χ0v) is 11.7. The van der Waals surface area contributed by atoms with Gasteiger partial charge in [0.25, 0.3) is 5.91 Å². The average molecular weight is 284 g/mol. The minimum atomic E-state index is -0.744. The Balaban J connectivity index is 2.95. The molecule has 0 spiro atoms. The number of nitrogens with two attached hydrogens (primary N) is 1. The Morgan fingerprint density at radius 1 is 1.53 bits per heavy atom. The van der Waals surface area contributed by atoms with Crippen LogP contribution >= 0.6 is 12.2 Å². The summed E-state index contributed by atoms with van der Waals surface area (Å²) >= 11 is 4.78. The molecule has 19 heavy (non-hydrogen) atoms. The number of hydrogen-bond donors (Lipinski definition) is 2. The lowest BCUT2D eigenvalue weighted by Gasteiger charge is -2.26. The number of halogens is 1. The third-order valence-electron chi connectivity index (χ3n) is 2.67. The Kier molecular flexibility index (Phi) is 5.23. The smallest absolute Gasteiger partial charge is 0.257 e. The normalized spacial score (nSPS) is 10.5. The maximum atomic E-state index is 13.7. The molecule has 0 saturated heterocycles. The second-order valence-electron chi connectivity index (χ2n) is 4.47. The van der Waals surface area contributed by atoms with Crippen molar-refractivity contribution in [2.24, 2.45) is 5.73 Å². The van der Waals surface area contributed by atoms with Crippen molar-refractivity contribution in [1.29, 1.82) is 0 Å². The van der Waals surface area contributed by atoms with Gasteiger partial charge in [0.15, 0.2) is 0 Å². The molecule has 0 heterocycles. The average Bonchev–Trinajstić information content (AvgIpc) is 2.27. The largest absolute Gasteiger partial charge is 0.508 e. The van der Waals surface area contributed by atoms with E-state index in [4.69, 9.17) is 23.1 Å². The van der Waals surface area contributed by atoms with Crippen LogP contribution in [0.4, 0.5) is 4.39 Å². The van der Waals surface area contributed by atoms with Crippen molar-refractivity contribution < 1.29 is 14.3 Å². The van der Waals surface area contributed by atoms with Crippen LogP contribution in [0.1, 0.15) is 30.6 Å². The fourth-order valence-corrected chi connectivity index (χ4v) is 1.75. The molecule has 104 valence electrons. The Morgan fingerprint density at radius 3 is 2.63 bits per heavy atom. The molecule has 0 aliphatic rings. The van der Waals surface area contributed by atoms with Crippen LogP contribution in [0.5, 0.6) is 5.75 Å². The van der Waals surface area contributed by atoms with E-state index in [0.29, 0.717) is 18.0 Å². The van der Waals surface area contributed by atoms with Crippen LogP contribution in [0, 0.1) is 5.82 Å². The molecule has 0 fully saturated rings. The fourth-order valence-electron chi connectivity index (χ4n) is 1.66. The number of phenolic OH excluding ortho intramolecular Hbond substituents is 1. The Hall–Kier alpha value is -1.69. The van der Waals surface area contributed by atoms with Crippen LogP contribution in [0.3, 0.4) is 0 Å². The van der Waals surface area contributed by atoms with Crippen molar-refractivity contribution in [2.45, 2.75) is 26.3 Å². The van der Waals surface area contributed by atoms with Gasteiger partial charge in [0, 0.05) is 25.1 Å². The SMILES string of the molecule is CC(C)N(CCC(N)=S)C(=O)c1ccc(O)cc1F. The monoisotopic (exact) mass is 284 g/mol. The molecule has 0 saturated carbocycles. The molecular weight excluding hydrogens is 267 g/mol. The highest BCUT2D eigenvalue weighted by molar-refractivity contribution is 7.80. The number of amides is 1. The topological polar surface area (TPSA) is 66.6 Å². The minimum absolute atomic E-state index is 0.0746. The number of nitrogens with zero attached hydrogens (tertiary/aromatic N) is 1. The maximum absolute atomic E-state index is 13.7. The number of rotatable bonds is 5. The number of thiocarbonyl (C=S) groups is 1. The van der Waals surface area contributed by atoms with Crippen molar-refractivity contribution in [1.82, 2.24) is 4.90 Å². The van der Waals surface area contributed by atoms with Gasteiger partial charge in [-0.05, 0) is 26.0 Å². The molecule has 0 unspecified atom stereocenters. The molecule has 1 aromatic rings. The molecule has 0 atom stereocenters. The molecule has 0 radical (unpaired) electrons. The lowest BCUT2D eigenvalue weighted by molar-refractivity contribution is 0.0707. The predicted octanol–water partition coefficient (Wildman–Crippen LogP) is 2.06. The van der Waals surface area contributed by atoms with Crippen LogP contribution in [0.2, 0.25) is 0 Å². The highest BCUT2D eigenvalue weighted by Gasteiger charge is 2.21. The van der Waals surface area contributed by atoms with Gasteiger partial charge in [-0.2, -0.15) is 0 Å². The minimum Gasteiger partial charge on any atom is -0.508 e. The van der Waals surface area contributed by atoms with Crippen molar-refractivity contribution in [3.63, 3.8) is 0 Å². The van der Waals surface area contributed by atoms with E-state index in [1.54, 1.807) is 0 Å². The highest BCUT2D eigenvalue weighted by atomic mass is 32.1. The summed E-state index contributed by atoms with van der Waals surface area (Å²) in [5, 5.41) is 9.14. The van der Waals surface area contributed by atoms with Gasteiger partial charge in [-0.3, -0.25) is 4.79 Å². The van der Waals surface area contributed by atoms with Crippen LogP contribution in [0.15, 0.2) is 18.2 Å². The lowest BCUT2D eigenvalue weighted by Crippen LogP contribution is -2.39. The molecule has 0 aliphatic carbocycles. The van der Waals surface area contributed by atoms with E-state index in [-0.39, 0.29) is 17.4 Å². The summed E-state index contributed by atoms with van der Waals surface area (Å²) in [6.07, 6.45) is 0.388. The number of phenols is 1. The Labute approximate surface area is 117 Å². The van der Waals surface area contributed by atoms with E-state index in [2.05, 4.69) is 0 Å². The van der Waals surface area contributed by atoms with Crippen LogP contribution in [0.25, 0.3) is 0 Å².